The van der Waals surface area contributed by atoms with Crippen LogP contribution in [0.3, 0.4) is 0 Å². The molecule has 150 valence electrons. The van der Waals surface area contributed by atoms with E-state index < -0.39 is 0 Å². The number of hydrogen-bond acceptors (Lipinski definition) is 3. The average Bonchev–Trinajstić information content (AvgIpc) is 2.74. The summed E-state index contributed by atoms with van der Waals surface area (Å²) in [5, 5.41) is 3.50. The maximum atomic E-state index is 13.1. The van der Waals surface area contributed by atoms with Crippen molar-refractivity contribution in [3.63, 3.8) is 0 Å². The SMILES string of the molecule is CC[C@@H]1Cn2cc(C(=O)NCCCc3ccccc3)c(=O)c3c(C)ccc(c32)O1. The van der Waals surface area contributed by atoms with E-state index in [9.17, 15) is 9.59 Å². The fourth-order valence-electron chi connectivity index (χ4n) is 3.94. The molecule has 0 fully saturated rings. The van der Waals surface area contributed by atoms with Crippen molar-refractivity contribution in [2.75, 3.05) is 6.54 Å². The Labute approximate surface area is 170 Å². The van der Waals surface area contributed by atoms with Crippen LogP contribution in [0, 0.1) is 6.92 Å². The van der Waals surface area contributed by atoms with Gasteiger partial charge in [-0.3, -0.25) is 9.59 Å². The van der Waals surface area contributed by atoms with Gasteiger partial charge >= 0.3 is 0 Å². The molecule has 2 aromatic carbocycles. The molecule has 1 amide bonds. The molecule has 1 aliphatic rings. The second-order valence-corrected chi connectivity index (χ2v) is 7.62. The number of nitrogens with zero attached hydrogens (tertiary/aromatic N) is 1. The van der Waals surface area contributed by atoms with Gasteiger partial charge < -0.3 is 14.6 Å². The van der Waals surface area contributed by atoms with Crippen LogP contribution in [0.5, 0.6) is 5.75 Å². The number of carbonyl (C=O) groups excluding carboxylic acids is 1. The molecular formula is C24H26N2O3. The lowest BCUT2D eigenvalue weighted by Crippen LogP contribution is -2.34. The number of amides is 1. The molecule has 0 spiro atoms. The predicted molar refractivity (Wildman–Crippen MR) is 115 cm³/mol. The van der Waals surface area contributed by atoms with Crippen LogP contribution in [0.25, 0.3) is 10.9 Å². The predicted octanol–water partition coefficient (Wildman–Crippen LogP) is 3.84. The second-order valence-electron chi connectivity index (χ2n) is 7.62. The first-order valence-corrected chi connectivity index (χ1v) is 10.2. The monoisotopic (exact) mass is 390 g/mol. The number of benzene rings is 2. The molecule has 0 aliphatic carbocycles. The van der Waals surface area contributed by atoms with Gasteiger partial charge in [-0.25, -0.2) is 0 Å². The van der Waals surface area contributed by atoms with Gasteiger partial charge in [-0.05, 0) is 43.4 Å². The quantitative estimate of drug-likeness (QED) is 0.651. The molecule has 5 nitrogen and oxygen atoms in total. The Hall–Kier alpha value is -3.08. The smallest absolute Gasteiger partial charge is 0.256 e. The maximum Gasteiger partial charge on any atom is 0.256 e. The first-order chi connectivity index (χ1) is 14.1. The molecule has 1 aromatic heterocycles. The van der Waals surface area contributed by atoms with Crippen molar-refractivity contribution in [3.05, 3.63) is 75.6 Å². The molecule has 0 radical (unpaired) electrons. The summed E-state index contributed by atoms with van der Waals surface area (Å²) in [7, 11) is 0. The van der Waals surface area contributed by atoms with E-state index in [1.54, 1.807) is 6.20 Å². The summed E-state index contributed by atoms with van der Waals surface area (Å²) in [6, 6.07) is 14.0. The highest BCUT2D eigenvalue weighted by Gasteiger charge is 2.25. The van der Waals surface area contributed by atoms with Gasteiger partial charge in [0, 0.05) is 12.7 Å². The van der Waals surface area contributed by atoms with E-state index in [0.717, 1.165) is 36.1 Å². The summed E-state index contributed by atoms with van der Waals surface area (Å²) >= 11 is 0. The molecule has 3 aromatic rings. The van der Waals surface area contributed by atoms with Crippen molar-refractivity contribution < 1.29 is 9.53 Å². The highest BCUT2D eigenvalue weighted by Crippen LogP contribution is 2.32. The fourth-order valence-corrected chi connectivity index (χ4v) is 3.94. The van der Waals surface area contributed by atoms with Crippen molar-refractivity contribution in [2.45, 2.75) is 45.8 Å². The number of aromatic nitrogens is 1. The normalized spacial score (nSPS) is 15.2. The summed E-state index contributed by atoms with van der Waals surface area (Å²) in [6.45, 7) is 5.14. The molecule has 4 rings (SSSR count). The molecular weight excluding hydrogens is 364 g/mol. The Morgan fingerprint density at radius 3 is 2.76 bits per heavy atom. The van der Waals surface area contributed by atoms with Crippen LogP contribution in [0.4, 0.5) is 0 Å². The highest BCUT2D eigenvalue weighted by atomic mass is 16.5. The van der Waals surface area contributed by atoms with Gasteiger partial charge in [-0.15, -0.1) is 0 Å². The Balaban J connectivity index is 1.57. The third-order valence-corrected chi connectivity index (χ3v) is 5.56. The first kappa shape index (κ1) is 19.2. The molecule has 0 unspecified atom stereocenters. The van der Waals surface area contributed by atoms with Gasteiger partial charge in [0.2, 0.25) is 5.43 Å². The molecule has 1 N–H and O–H groups in total. The van der Waals surface area contributed by atoms with Crippen molar-refractivity contribution in [1.29, 1.82) is 0 Å². The van der Waals surface area contributed by atoms with E-state index in [-0.39, 0.29) is 23.0 Å². The third kappa shape index (κ3) is 3.77. The lowest BCUT2D eigenvalue weighted by molar-refractivity contribution is 0.0950. The minimum Gasteiger partial charge on any atom is -0.486 e. The van der Waals surface area contributed by atoms with Gasteiger partial charge in [-0.2, -0.15) is 0 Å². The van der Waals surface area contributed by atoms with E-state index in [1.807, 2.05) is 41.8 Å². The van der Waals surface area contributed by atoms with Crippen LogP contribution in [0.15, 0.2) is 53.5 Å². The molecule has 0 bridgehead atoms. The maximum absolute atomic E-state index is 13.1. The zero-order valence-electron chi connectivity index (χ0n) is 16.9. The molecule has 5 heteroatoms. The number of carbonyl (C=O) groups is 1. The first-order valence-electron chi connectivity index (χ1n) is 10.2. The fraction of sp³-hybridized carbons (Fsp3) is 0.333. The standard InChI is InChI=1S/C24H26N2O3/c1-3-18-14-26-15-19(23(27)21-16(2)11-12-20(29-18)22(21)26)24(28)25-13-7-10-17-8-5-4-6-9-17/h4-6,8-9,11-12,15,18H,3,7,10,13-14H2,1-2H3,(H,25,28)/t18-/m1/s1. The van der Waals surface area contributed by atoms with Crippen LogP contribution in [0.1, 0.15) is 41.3 Å². The molecule has 1 aliphatic heterocycles. The Bertz CT molecular complexity index is 1100. The van der Waals surface area contributed by atoms with E-state index in [1.165, 1.54) is 5.56 Å². The zero-order valence-corrected chi connectivity index (χ0v) is 16.9. The number of ether oxygens (including phenoxy) is 1. The van der Waals surface area contributed by atoms with Gasteiger partial charge in [0.1, 0.15) is 17.4 Å². The zero-order chi connectivity index (χ0) is 20.4. The van der Waals surface area contributed by atoms with Crippen LogP contribution in [-0.4, -0.2) is 23.1 Å². The lowest BCUT2D eigenvalue weighted by atomic mass is 10.0. The number of rotatable bonds is 6. The summed E-state index contributed by atoms with van der Waals surface area (Å²) in [4.78, 5) is 25.9. The van der Waals surface area contributed by atoms with E-state index in [4.69, 9.17) is 4.74 Å². The molecule has 1 atom stereocenters. The Morgan fingerprint density at radius 1 is 1.21 bits per heavy atom. The number of pyridine rings is 1. The van der Waals surface area contributed by atoms with Crippen LogP contribution in [-0.2, 0) is 13.0 Å². The van der Waals surface area contributed by atoms with Crippen molar-refractivity contribution in [2.24, 2.45) is 0 Å². The van der Waals surface area contributed by atoms with Crippen LogP contribution in [0.2, 0.25) is 0 Å². The van der Waals surface area contributed by atoms with E-state index in [0.29, 0.717) is 18.5 Å². The Kier molecular flexibility index (Phi) is 5.38. The summed E-state index contributed by atoms with van der Waals surface area (Å²) in [5.41, 5.74) is 2.87. The Morgan fingerprint density at radius 2 is 2.00 bits per heavy atom. The van der Waals surface area contributed by atoms with E-state index in [2.05, 4.69) is 24.4 Å². The lowest BCUT2D eigenvalue weighted by Gasteiger charge is -2.28. The van der Waals surface area contributed by atoms with Crippen LogP contribution < -0.4 is 15.5 Å². The summed E-state index contributed by atoms with van der Waals surface area (Å²) in [6.07, 6.45) is 4.32. The summed E-state index contributed by atoms with van der Waals surface area (Å²) < 4.78 is 8.03. The average molecular weight is 390 g/mol. The number of hydrogen-bond donors (Lipinski definition) is 1. The van der Waals surface area contributed by atoms with E-state index >= 15 is 0 Å². The van der Waals surface area contributed by atoms with Gasteiger partial charge in [-0.1, -0.05) is 43.3 Å². The van der Waals surface area contributed by atoms with Crippen molar-refractivity contribution in [1.82, 2.24) is 9.88 Å². The van der Waals surface area contributed by atoms with Gasteiger partial charge in [0.25, 0.3) is 5.91 Å². The molecule has 29 heavy (non-hydrogen) atoms. The molecule has 0 saturated heterocycles. The topological polar surface area (TPSA) is 60.3 Å². The van der Waals surface area contributed by atoms with Crippen LogP contribution >= 0.6 is 0 Å². The highest BCUT2D eigenvalue weighted by molar-refractivity contribution is 5.99. The van der Waals surface area contributed by atoms with Gasteiger partial charge in [0.05, 0.1) is 17.4 Å². The summed E-state index contributed by atoms with van der Waals surface area (Å²) in [5.74, 6) is 0.411. The van der Waals surface area contributed by atoms with Crippen molar-refractivity contribution >= 4 is 16.8 Å². The third-order valence-electron chi connectivity index (χ3n) is 5.56. The second kappa shape index (κ2) is 8.11. The number of aryl methyl sites for hydroxylation is 2. The largest absolute Gasteiger partial charge is 0.486 e. The molecule has 0 saturated carbocycles. The minimum absolute atomic E-state index is 0.0395. The minimum atomic E-state index is -0.307. The van der Waals surface area contributed by atoms with Crippen molar-refractivity contribution in [3.8, 4) is 5.75 Å². The number of nitrogens with one attached hydrogen (secondary N) is 1. The molecule has 2 heterocycles. The van der Waals surface area contributed by atoms with Gasteiger partial charge in [0.15, 0.2) is 0 Å².